The molecule has 0 heterocycles. The largest absolute Gasteiger partial charge is 0.492 e. The monoisotopic (exact) mass is 318 g/mol. The molecule has 124 valence electrons. The molecular weight excluding hydrogens is 296 g/mol. The molecule has 0 saturated heterocycles. The predicted molar refractivity (Wildman–Crippen MR) is 88.6 cm³/mol. The maximum atomic E-state index is 6.01. The number of ether oxygens (including phenoxy) is 5. The van der Waals surface area contributed by atoms with E-state index in [1.807, 2.05) is 38.1 Å². The van der Waals surface area contributed by atoms with Crippen molar-refractivity contribution in [2.75, 3.05) is 28.4 Å². The van der Waals surface area contributed by atoms with Gasteiger partial charge in [0.2, 0.25) is 17.2 Å². The van der Waals surface area contributed by atoms with E-state index in [2.05, 4.69) is 0 Å². The van der Waals surface area contributed by atoms with Crippen molar-refractivity contribution >= 4 is 0 Å². The third-order valence-electron chi connectivity index (χ3n) is 3.56. The Morgan fingerprint density at radius 3 is 1.39 bits per heavy atom. The van der Waals surface area contributed by atoms with Gasteiger partial charge in [-0.2, -0.15) is 0 Å². The lowest BCUT2D eigenvalue weighted by Crippen LogP contribution is -2.02. The number of aryl methyl sites for hydroxylation is 1. The van der Waals surface area contributed by atoms with E-state index >= 15 is 0 Å². The Bertz CT molecular complexity index is 644. The molecule has 5 heteroatoms. The summed E-state index contributed by atoms with van der Waals surface area (Å²) in [6.07, 6.45) is 0. The number of benzene rings is 2. The SMILES string of the molecule is COc1c(C)c(OC)c(OC)c(Oc2ccc(C)cc2)c1OC. The number of methoxy groups -OCH3 is 4. The minimum absolute atomic E-state index is 0.415. The minimum atomic E-state index is 0.415. The lowest BCUT2D eigenvalue weighted by atomic mass is 10.1. The molecule has 23 heavy (non-hydrogen) atoms. The van der Waals surface area contributed by atoms with E-state index in [0.717, 1.165) is 11.1 Å². The Morgan fingerprint density at radius 1 is 0.565 bits per heavy atom. The molecule has 2 rings (SSSR count). The first-order chi connectivity index (χ1) is 11.1. The van der Waals surface area contributed by atoms with Crippen molar-refractivity contribution in [2.45, 2.75) is 13.8 Å². The zero-order valence-corrected chi connectivity index (χ0v) is 14.4. The topological polar surface area (TPSA) is 46.2 Å². The first-order valence-electron chi connectivity index (χ1n) is 7.18. The normalized spacial score (nSPS) is 10.2. The maximum Gasteiger partial charge on any atom is 0.218 e. The smallest absolute Gasteiger partial charge is 0.218 e. The highest BCUT2D eigenvalue weighted by Crippen LogP contribution is 2.54. The first-order valence-corrected chi connectivity index (χ1v) is 7.18. The first kappa shape index (κ1) is 16.8. The zero-order valence-electron chi connectivity index (χ0n) is 14.4. The van der Waals surface area contributed by atoms with E-state index < -0.39 is 0 Å². The second-order valence-electron chi connectivity index (χ2n) is 5.00. The van der Waals surface area contributed by atoms with Crippen LogP contribution >= 0.6 is 0 Å². The van der Waals surface area contributed by atoms with Crippen LogP contribution in [-0.2, 0) is 0 Å². The van der Waals surface area contributed by atoms with Gasteiger partial charge in [-0.15, -0.1) is 0 Å². The van der Waals surface area contributed by atoms with Crippen molar-refractivity contribution in [3.05, 3.63) is 35.4 Å². The van der Waals surface area contributed by atoms with E-state index in [1.54, 1.807) is 28.4 Å². The fourth-order valence-corrected chi connectivity index (χ4v) is 2.43. The second-order valence-corrected chi connectivity index (χ2v) is 5.00. The molecule has 0 spiro atoms. The lowest BCUT2D eigenvalue weighted by Gasteiger charge is -2.21. The summed E-state index contributed by atoms with van der Waals surface area (Å²) >= 11 is 0. The van der Waals surface area contributed by atoms with Gasteiger partial charge in [-0.3, -0.25) is 0 Å². The third kappa shape index (κ3) is 3.13. The van der Waals surface area contributed by atoms with Crippen molar-refractivity contribution in [2.24, 2.45) is 0 Å². The van der Waals surface area contributed by atoms with Crippen LogP contribution in [0.4, 0.5) is 0 Å². The van der Waals surface area contributed by atoms with Crippen LogP contribution in [0.2, 0.25) is 0 Å². The molecule has 0 bridgehead atoms. The Morgan fingerprint density at radius 2 is 1.00 bits per heavy atom. The number of hydrogen-bond acceptors (Lipinski definition) is 5. The molecule has 0 aliphatic heterocycles. The highest BCUT2D eigenvalue weighted by atomic mass is 16.6. The van der Waals surface area contributed by atoms with Crippen LogP contribution in [0.15, 0.2) is 24.3 Å². The fourth-order valence-electron chi connectivity index (χ4n) is 2.43. The molecule has 0 aromatic heterocycles. The van der Waals surface area contributed by atoms with E-state index in [4.69, 9.17) is 23.7 Å². The van der Waals surface area contributed by atoms with Gasteiger partial charge < -0.3 is 23.7 Å². The Labute approximate surface area is 136 Å². The van der Waals surface area contributed by atoms with Gasteiger partial charge in [0, 0.05) is 5.56 Å². The molecule has 0 amide bonds. The van der Waals surface area contributed by atoms with Crippen LogP contribution in [0, 0.1) is 13.8 Å². The van der Waals surface area contributed by atoms with Crippen LogP contribution in [0.3, 0.4) is 0 Å². The zero-order chi connectivity index (χ0) is 17.0. The van der Waals surface area contributed by atoms with Crippen LogP contribution in [-0.4, -0.2) is 28.4 Å². The quantitative estimate of drug-likeness (QED) is 0.801. The summed E-state index contributed by atoms with van der Waals surface area (Å²) in [4.78, 5) is 0. The molecule has 2 aromatic rings. The van der Waals surface area contributed by atoms with Crippen LogP contribution in [0.5, 0.6) is 34.5 Å². The predicted octanol–water partition coefficient (Wildman–Crippen LogP) is 4.13. The lowest BCUT2D eigenvalue weighted by molar-refractivity contribution is 0.300. The standard InChI is InChI=1S/C18H22O5/c1-11-7-9-13(10-8-11)23-18-16(21-5)14(19-3)12(2)15(20-4)17(18)22-6/h7-10H,1-6H3. The minimum Gasteiger partial charge on any atom is -0.492 e. The van der Waals surface area contributed by atoms with E-state index in [0.29, 0.717) is 34.5 Å². The molecular formula is C18H22O5. The Kier molecular flexibility index (Phi) is 5.21. The fraction of sp³-hybridized carbons (Fsp3) is 0.333. The number of hydrogen-bond donors (Lipinski definition) is 0. The van der Waals surface area contributed by atoms with Gasteiger partial charge in [0.15, 0.2) is 11.5 Å². The molecule has 0 aliphatic carbocycles. The molecule has 5 nitrogen and oxygen atoms in total. The molecule has 0 atom stereocenters. The van der Waals surface area contributed by atoms with Gasteiger partial charge >= 0.3 is 0 Å². The average Bonchev–Trinajstić information content (AvgIpc) is 2.57. The van der Waals surface area contributed by atoms with Crippen molar-refractivity contribution in [3.8, 4) is 34.5 Å². The van der Waals surface area contributed by atoms with Gasteiger partial charge in [-0.05, 0) is 26.0 Å². The summed E-state index contributed by atoms with van der Waals surface area (Å²) in [5.74, 6) is 3.10. The average molecular weight is 318 g/mol. The molecule has 0 saturated carbocycles. The Balaban J connectivity index is 2.65. The Hall–Kier alpha value is -2.56. The third-order valence-corrected chi connectivity index (χ3v) is 3.56. The molecule has 0 N–H and O–H groups in total. The highest BCUT2D eigenvalue weighted by Gasteiger charge is 2.27. The van der Waals surface area contributed by atoms with Crippen molar-refractivity contribution in [1.82, 2.24) is 0 Å². The summed E-state index contributed by atoms with van der Waals surface area (Å²) in [6.45, 7) is 3.89. The summed E-state index contributed by atoms with van der Waals surface area (Å²) in [7, 11) is 6.27. The van der Waals surface area contributed by atoms with Gasteiger partial charge in [0.1, 0.15) is 5.75 Å². The summed E-state index contributed by atoms with van der Waals surface area (Å²) in [5, 5.41) is 0. The van der Waals surface area contributed by atoms with E-state index in [-0.39, 0.29) is 0 Å². The molecule has 0 aliphatic rings. The van der Waals surface area contributed by atoms with Crippen LogP contribution < -0.4 is 23.7 Å². The maximum absolute atomic E-state index is 6.01. The van der Waals surface area contributed by atoms with Gasteiger partial charge in [0.25, 0.3) is 0 Å². The van der Waals surface area contributed by atoms with E-state index in [9.17, 15) is 0 Å². The second kappa shape index (κ2) is 7.13. The van der Waals surface area contributed by atoms with Crippen LogP contribution in [0.25, 0.3) is 0 Å². The van der Waals surface area contributed by atoms with Gasteiger partial charge in [-0.25, -0.2) is 0 Å². The van der Waals surface area contributed by atoms with Gasteiger partial charge in [0.05, 0.1) is 28.4 Å². The summed E-state index contributed by atoms with van der Waals surface area (Å²) < 4.78 is 27.9. The van der Waals surface area contributed by atoms with Crippen LogP contribution in [0.1, 0.15) is 11.1 Å². The molecule has 0 unspecified atom stereocenters. The number of rotatable bonds is 6. The molecule has 2 aromatic carbocycles. The molecule has 0 fully saturated rings. The van der Waals surface area contributed by atoms with Crippen molar-refractivity contribution < 1.29 is 23.7 Å². The van der Waals surface area contributed by atoms with Crippen molar-refractivity contribution in [1.29, 1.82) is 0 Å². The van der Waals surface area contributed by atoms with Gasteiger partial charge in [-0.1, -0.05) is 17.7 Å². The summed E-state index contributed by atoms with van der Waals surface area (Å²) in [6, 6.07) is 7.70. The van der Waals surface area contributed by atoms with E-state index in [1.165, 1.54) is 0 Å². The highest BCUT2D eigenvalue weighted by molar-refractivity contribution is 5.70. The summed E-state index contributed by atoms with van der Waals surface area (Å²) in [5.41, 5.74) is 1.93. The van der Waals surface area contributed by atoms with Crippen molar-refractivity contribution in [3.63, 3.8) is 0 Å². The molecule has 0 radical (unpaired) electrons.